The molecule has 30 heavy (non-hydrogen) atoms. The van der Waals surface area contributed by atoms with E-state index in [9.17, 15) is 0 Å². The molecule has 0 saturated carbocycles. The highest BCUT2D eigenvalue weighted by Crippen LogP contribution is 2.34. The van der Waals surface area contributed by atoms with Crippen LogP contribution in [0.25, 0.3) is 10.8 Å². The van der Waals surface area contributed by atoms with Crippen LogP contribution in [-0.2, 0) is 13.2 Å². The average Bonchev–Trinajstić information content (AvgIpc) is 2.74. The maximum absolute atomic E-state index is 6.50. The van der Waals surface area contributed by atoms with Crippen LogP contribution in [0.3, 0.4) is 0 Å². The number of halogens is 3. The van der Waals surface area contributed by atoms with Crippen molar-refractivity contribution in [3.8, 4) is 5.75 Å². The highest BCUT2D eigenvalue weighted by atomic mass is 35.5. The van der Waals surface area contributed by atoms with E-state index in [0.29, 0.717) is 28.9 Å². The average molecular weight is 457 g/mol. The smallest absolute Gasteiger partial charge is 0.143 e. The minimum Gasteiger partial charge on any atom is -0.487 e. The second kappa shape index (κ2) is 9.18. The molecule has 4 aromatic carbocycles. The van der Waals surface area contributed by atoms with Gasteiger partial charge in [0.1, 0.15) is 12.4 Å². The third-order valence-corrected chi connectivity index (χ3v) is 5.98. The van der Waals surface area contributed by atoms with Crippen LogP contribution < -0.4 is 10.1 Å². The lowest BCUT2D eigenvalue weighted by Gasteiger charge is -2.17. The highest BCUT2D eigenvalue weighted by molar-refractivity contribution is 6.35. The van der Waals surface area contributed by atoms with E-state index < -0.39 is 0 Å². The van der Waals surface area contributed by atoms with E-state index in [2.05, 4.69) is 29.6 Å². The Balaban J connectivity index is 1.59. The number of ether oxygens (including phenoxy) is 1. The molecule has 152 valence electrons. The quantitative estimate of drug-likeness (QED) is 0.315. The van der Waals surface area contributed by atoms with Gasteiger partial charge in [-0.05, 0) is 53.1 Å². The van der Waals surface area contributed by atoms with Crippen LogP contribution in [-0.4, -0.2) is 0 Å². The molecule has 4 aromatic rings. The second-order valence-electron chi connectivity index (χ2n) is 7.07. The first-order valence-corrected chi connectivity index (χ1v) is 10.7. The van der Waals surface area contributed by atoms with Gasteiger partial charge in [-0.15, -0.1) is 0 Å². The van der Waals surface area contributed by atoms with Crippen molar-refractivity contribution in [3.63, 3.8) is 0 Å². The molecule has 4 rings (SSSR count). The number of anilines is 1. The largest absolute Gasteiger partial charge is 0.487 e. The molecule has 0 bridgehead atoms. The molecule has 0 heterocycles. The summed E-state index contributed by atoms with van der Waals surface area (Å²) in [4.78, 5) is 0. The maximum atomic E-state index is 6.50. The summed E-state index contributed by atoms with van der Waals surface area (Å²) in [6.45, 7) is 2.89. The molecule has 5 heteroatoms. The number of nitrogens with one attached hydrogen (secondary N) is 1. The zero-order chi connectivity index (χ0) is 21.1. The van der Waals surface area contributed by atoms with Crippen molar-refractivity contribution >= 4 is 51.3 Å². The van der Waals surface area contributed by atoms with Crippen LogP contribution in [0.1, 0.15) is 16.7 Å². The maximum Gasteiger partial charge on any atom is 0.143 e. The Hall–Kier alpha value is -2.39. The van der Waals surface area contributed by atoms with Crippen molar-refractivity contribution in [2.75, 3.05) is 5.32 Å². The fourth-order valence-electron chi connectivity index (χ4n) is 3.46. The van der Waals surface area contributed by atoms with Gasteiger partial charge in [-0.2, -0.15) is 0 Å². The molecule has 0 fully saturated rings. The fourth-order valence-corrected chi connectivity index (χ4v) is 4.23. The Morgan fingerprint density at radius 1 is 0.800 bits per heavy atom. The zero-order valence-corrected chi connectivity index (χ0v) is 18.7. The molecule has 0 unspecified atom stereocenters. The summed E-state index contributed by atoms with van der Waals surface area (Å²) in [5, 5.41) is 7.53. The fraction of sp³-hybridized carbons (Fsp3) is 0.120. The third kappa shape index (κ3) is 4.52. The SMILES string of the molecule is Cc1c(Cl)cccc1NCc1cc(Cl)cc(Cl)c1OCc1cccc2ccccc12. The molecule has 0 radical (unpaired) electrons. The normalized spacial score (nSPS) is 10.9. The van der Waals surface area contributed by atoms with E-state index in [1.165, 1.54) is 10.8 Å². The summed E-state index contributed by atoms with van der Waals surface area (Å²) >= 11 is 19.0. The lowest BCUT2D eigenvalue weighted by molar-refractivity contribution is 0.305. The van der Waals surface area contributed by atoms with Crippen LogP contribution in [0.5, 0.6) is 5.75 Å². The zero-order valence-electron chi connectivity index (χ0n) is 16.4. The van der Waals surface area contributed by atoms with Gasteiger partial charge in [0.15, 0.2) is 0 Å². The molecule has 1 N–H and O–H groups in total. The number of benzene rings is 4. The van der Waals surface area contributed by atoms with Crippen LogP contribution in [0, 0.1) is 6.92 Å². The molecule has 2 nitrogen and oxygen atoms in total. The second-order valence-corrected chi connectivity index (χ2v) is 8.32. The lowest BCUT2D eigenvalue weighted by atomic mass is 10.1. The summed E-state index contributed by atoms with van der Waals surface area (Å²) < 4.78 is 6.20. The van der Waals surface area contributed by atoms with E-state index in [4.69, 9.17) is 39.5 Å². The molecule has 0 spiro atoms. The van der Waals surface area contributed by atoms with Crippen LogP contribution >= 0.6 is 34.8 Å². The Morgan fingerprint density at radius 3 is 2.43 bits per heavy atom. The van der Waals surface area contributed by atoms with Gasteiger partial charge in [0.2, 0.25) is 0 Å². The molecular weight excluding hydrogens is 437 g/mol. The predicted octanol–water partition coefficient (Wildman–Crippen LogP) is 8.30. The van der Waals surface area contributed by atoms with E-state index >= 15 is 0 Å². The summed E-state index contributed by atoms with van der Waals surface area (Å²) in [6.07, 6.45) is 0. The Kier molecular flexibility index (Phi) is 6.38. The van der Waals surface area contributed by atoms with Gasteiger partial charge >= 0.3 is 0 Å². The molecule has 0 atom stereocenters. The van der Waals surface area contributed by atoms with Gasteiger partial charge in [-0.3, -0.25) is 0 Å². The van der Waals surface area contributed by atoms with Crippen molar-refractivity contribution in [3.05, 3.63) is 105 Å². The molecule has 0 aliphatic carbocycles. The van der Waals surface area contributed by atoms with E-state index in [0.717, 1.165) is 27.4 Å². The van der Waals surface area contributed by atoms with Crippen molar-refractivity contribution in [1.29, 1.82) is 0 Å². The van der Waals surface area contributed by atoms with Crippen LogP contribution in [0.2, 0.25) is 15.1 Å². The monoisotopic (exact) mass is 455 g/mol. The number of fused-ring (bicyclic) bond motifs is 1. The molecule has 0 saturated heterocycles. The Morgan fingerprint density at radius 2 is 1.57 bits per heavy atom. The lowest BCUT2D eigenvalue weighted by Crippen LogP contribution is -2.05. The van der Waals surface area contributed by atoms with E-state index in [1.807, 2.05) is 49.4 Å². The number of hydrogen-bond acceptors (Lipinski definition) is 2. The molecule has 0 aliphatic rings. The predicted molar refractivity (Wildman–Crippen MR) is 128 cm³/mol. The third-order valence-electron chi connectivity index (χ3n) is 5.07. The van der Waals surface area contributed by atoms with Gasteiger partial charge in [-0.1, -0.05) is 83.3 Å². The van der Waals surface area contributed by atoms with Crippen molar-refractivity contribution in [2.24, 2.45) is 0 Å². The first kappa shape index (κ1) is 20.9. The molecule has 0 aromatic heterocycles. The highest BCUT2D eigenvalue weighted by Gasteiger charge is 2.13. The minimum atomic E-state index is 0.409. The van der Waals surface area contributed by atoms with Gasteiger partial charge in [0.05, 0.1) is 5.02 Å². The van der Waals surface area contributed by atoms with E-state index in [1.54, 1.807) is 6.07 Å². The molecular formula is C25H20Cl3NO. The minimum absolute atomic E-state index is 0.409. The summed E-state index contributed by atoms with van der Waals surface area (Å²) in [6, 6.07) is 23.8. The first-order valence-electron chi connectivity index (χ1n) is 9.59. The first-order chi connectivity index (χ1) is 14.5. The van der Waals surface area contributed by atoms with Gasteiger partial charge in [-0.25, -0.2) is 0 Å². The topological polar surface area (TPSA) is 21.3 Å². The molecule has 0 amide bonds. The van der Waals surface area contributed by atoms with Crippen molar-refractivity contribution < 1.29 is 4.74 Å². The van der Waals surface area contributed by atoms with Gasteiger partial charge in [0, 0.05) is 27.8 Å². The van der Waals surface area contributed by atoms with Gasteiger partial charge < -0.3 is 10.1 Å². The van der Waals surface area contributed by atoms with E-state index in [-0.39, 0.29) is 0 Å². The van der Waals surface area contributed by atoms with Crippen molar-refractivity contribution in [1.82, 2.24) is 0 Å². The number of rotatable bonds is 6. The summed E-state index contributed by atoms with van der Waals surface area (Å²) in [5.74, 6) is 0.626. The van der Waals surface area contributed by atoms with Crippen molar-refractivity contribution in [2.45, 2.75) is 20.1 Å². The van der Waals surface area contributed by atoms with Crippen LogP contribution in [0.15, 0.2) is 72.8 Å². The van der Waals surface area contributed by atoms with Crippen LogP contribution in [0.4, 0.5) is 5.69 Å². The summed E-state index contributed by atoms with van der Waals surface area (Å²) in [7, 11) is 0. The number of hydrogen-bond donors (Lipinski definition) is 1. The molecule has 0 aliphatic heterocycles. The Labute approximate surface area is 191 Å². The van der Waals surface area contributed by atoms with Gasteiger partial charge in [0.25, 0.3) is 0 Å². The standard InChI is InChI=1S/C25H20Cl3NO/c1-16-22(27)10-5-11-24(16)29-14-19-12-20(26)13-23(28)25(19)30-15-18-8-4-7-17-6-2-3-9-21(17)18/h2-13,29H,14-15H2,1H3. The Bertz CT molecular complexity index is 1200. The summed E-state index contributed by atoms with van der Waals surface area (Å²) in [5.41, 5.74) is 3.93.